The molecule has 1 heterocycles. The van der Waals surface area contributed by atoms with Crippen molar-refractivity contribution in [3.8, 4) is 0 Å². The summed E-state index contributed by atoms with van der Waals surface area (Å²) in [6.07, 6.45) is 4.54. The molecule has 0 aliphatic heterocycles. The van der Waals surface area contributed by atoms with Crippen molar-refractivity contribution in [2.24, 2.45) is 0 Å². The van der Waals surface area contributed by atoms with Crippen LogP contribution in [0.15, 0.2) is 23.6 Å². The number of hydrogen-bond acceptors (Lipinski definition) is 4. The Bertz CT molecular complexity index is 240. The minimum atomic E-state index is 0.612. The molecule has 0 amide bonds. The summed E-state index contributed by atoms with van der Waals surface area (Å²) in [6.45, 7) is 5.42. The third-order valence-corrected chi connectivity index (χ3v) is 2.96. The zero-order valence-corrected chi connectivity index (χ0v) is 9.55. The minimum Gasteiger partial charge on any atom is -0.313 e. The SMILES string of the molecule is CCC(C)NCCSc1ccncn1. The first-order valence-corrected chi connectivity index (χ1v) is 5.93. The Kier molecular flexibility index (Phi) is 5.56. The van der Waals surface area contributed by atoms with Crippen molar-refractivity contribution in [2.45, 2.75) is 31.3 Å². The van der Waals surface area contributed by atoms with Gasteiger partial charge in [0, 0.05) is 24.5 Å². The van der Waals surface area contributed by atoms with Crippen molar-refractivity contribution in [3.05, 3.63) is 18.6 Å². The highest BCUT2D eigenvalue weighted by atomic mass is 32.2. The highest BCUT2D eigenvalue weighted by Gasteiger charge is 1.97. The lowest BCUT2D eigenvalue weighted by Gasteiger charge is -2.09. The Hall–Kier alpha value is -0.610. The van der Waals surface area contributed by atoms with Crippen molar-refractivity contribution >= 4 is 11.8 Å². The molecular weight excluding hydrogens is 194 g/mol. The van der Waals surface area contributed by atoms with Gasteiger partial charge in [0.05, 0.1) is 5.03 Å². The Balaban J connectivity index is 2.10. The number of rotatable bonds is 6. The number of thioether (sulfide) groups is 1. The second-order valence-corrected chi connectivity index (χ2v) is 4.27. The smallest absolute Gasteiger partial charge is 0.116 e. The maximum Gasteiger partial charge on any atom is 0.116 e. The molecule has 0 aliphatic rings. The van der Waals surface area contributed by atoms with Gasteiger partial charge in [-0.25, -0.2) is 9.97 Å². The summed E-state index contributed by atoms with van der Waals surface area (Å²) in [5.41, 5.74) is 0. The van der Waals surface area contributed by atoms with Crippen LogP contribution in [-0.4, -0.2) is 28.3 Å². The number of aromatic nitrogens is 2. The number of nitrogens with one attached hydrogen (secondary N) is 1. The fraction of sp³-hybridized carbons (Fsp3) is 0.600. The van der Waals surface area contributed by atoms with E-state index in [9.17, 15) is 0 Å². The van der Waals surface area contributed by atoms with Crippen LogP contribution >= 0.6 is 11.8 Å². The van der Waals surface area contributed by atoms with E-state index in [1.165, 1.54) is 6.42 Å². The number of hydrogen-bond donors (Lipinski definition) is 1. The van der Waals surface area contributed by atoms with E-state index in [1.54, 1.807) is 24.3 Å². The van der Waals surface area contributed by atoms with Crippen LogP contribution in [0.3, 0.4) is 0 Å². The molecule has 1 N–H and O–H groups in total. The van der Waals surface area contributed by atoms with Gasteiger partial charge in [0.1, 0.15) is 6.33 Å². The summed E-state index contributed by atoms with van der Waals surface area (Å²) >= 11 is 1.76. The average molecular weight is 211 g/mol. The zero-order chi connectivity index (χ0) is 10.2. The van der Waals surface area contributed by atoms with Crippen LogP contribution in [0.5, 0.6) is 0 Å². The predicted octanol–water partition coefficient (Wildman–Crippen LogP) is 1.96. The Morgan fingerprint density at radius 2 is 2.43 bits per heavy atom. The van der Waals surface area contributed by atoms with Crippen LogP contribution in [-0.2, 0) is 0 Å². The molecule has 4 heteroatoms. The summed E-state index contributed by atoms with van der Waals surface area (Å²) in [6, 6.07) is 2.55. The van der Waals surface area contributed by atoms with Crippen molar-refractivity contribution in [3.63, 3.8) is 0 Å². The molecule has 0 aliphatic carbocycles. The van der Waals surface area contributed by atoms with Gasteiger partial charge in [0.2, 0.25) is 0 Å². The van der Waals surface area contributed by atoms with Gasteiger partial charge in [-0.15, -0.1) is 11.8 Å². The molecule has 1 aromatic heterocycles. The van der Waals surface area contributed by atoms with Gasteiger partial charge in [0.25, 0.3) is 0 Å². The maximum absolute atomic E-state index is 4.14. The molecule has 0 spiro atoms. The van der Waals surface area contributed by atoms with E-state index >= 15 is 0 Å². The van der Waals surface area contributed by atoms with Crippen LogP contribution in [0.1, 0.15) is 20.3 Å². The summed E-state index contributed by atoms with van der Waals surface area (Å²) in [4.78, 5) is 8.01. The molecule has 0 fully saturated rings. The van der Waals surface area contributed by atoms with Crippen LogP contribution in [0.4, 0.5) is 0 Å². The van der Waals surface area contributed by atoms with Crippen LogP contribution in [0.25, 0.3) is 0 Å². The molecular formula is C10H17N3S. The summed E-state index contributed by atoms with van der Waals surface area (Å²) < 4.78 is 0. The summed E-state index contributed by atoms with van der Waals surface area (Å²) in [5.74, 6) is 1.06. The first kappa shape index (κ1) is 11.5. The summed E-state index contributed by atoms with van der Waals surface area (Å²) in [5, 5.41) is 4.49. The highest BCUT2D eigenvalue weighted by Crippen LogP contribution is 2.11. The summed E-state index contributed by atoms with van der Waals surface area (Å²) in [7, 11) is 0. The minimum absolute atomic E-state index is 0.612. The van der Waals surface area contributed by atoms with Crippen molar-refractivity contribution in [2.75, 3.05) is 12.3 Å². The fourth-order valence-electron chi connectivity index (χ4n) is 0.969. The molecule has 3 nitrogen and oxygen atoms in total. The first-order valence-electron chi connectivity index (χ1n) is 4.95. The molecule has 14 heavy (non-hydrogen) atoms. The first-order chi connectivity index (χ1) is 6.83. The molecule has 0 aromatic carbocycles. The molecule has 78 valence electrons. The lowest BCUT2D eigenvalue weighted by molar-refractivity contribution is 0.555. The lowest BCUT2D eigenvalue weighted by Crippen LogP contribution is -2.27. The average Bonchev–Trinajstić information content (AvgIpc) is 2.25. The second kappa shape index (κ2) is 6.79. The van der Waals surface area contributed by atoms with E-state index in [4.69, 9.17) is 0 Å². The van der Waals surface area contributed by atoms with E-state index in [0.717, 1.165) is 17.3 Å². The third-order valence-electron chi connectivity index (χ3n) is 2.01. The van der Waals surface area contributed by atoms with Crippen molar-refractivity contribution < 1.29 is 0 Å². The standard InChI is InChI=1S/C10H17N3S/c1-3-9(2)12-6-7-14-10-4-5-11-8-13-10/h4-5,8-9,12H,3,6-7H2,1-2H3. The van der Waals surface area contributed by atoms with Gasteiger partial charge in [-0.05, 0) is 19.4 Å². The Morgan fingerprint density at radius 1 is 1.57 bits per heavy atom. The van der Waals surface area contributed by atoms with Crippen LogP contribution < -0.4 is 5.32 Å². The Morgan fingerprint density at radius 3 is 3.07 bits per heavy atom. The number of nitrogens with zero attached hydrogens (tertiary/aromatic N) is 2. The highest BCUT2D eigenvalue weighted by molar-refractivity contribution is 7.99. The monoisotopic (exact) mass is 211 g/mol. The van der Waals surface area contributed by atoms with Crippen molar-refractivity contribution in [1.82, 2.24) is 15.3 Å². The predicted molar refractivity (Wildman–Crippen MR) is 60.5 cm³/mol. The quantitative estimate of drug-likeness (QED) is 0.443. The topological polar surface area (TPSA) is 37.8 Å². The zero-order valence-electron chi connectivity index (χ0n) is 8.73. The fourth-order valence-corrected chi connectivity index (χ4v) is 1.68. The van der Waals surface area contributed by atoms with E-state index in [2.05, 4.69) is 29.1 Å². The van der Waals surface area contributed by atoms with Crippen LogP contribution in [0, 0.1) is 0 Å². The van der Waals surface area contributed by atoms with Crippen LogP contribution in [0.2, 0.25) is 0 Å². The molecule has 1 rings (SSSR count). The van der Waals surface area contributed by atoms with Gasteiger partial charge in [-0.2, -0.15) is 0 Å². The van der Waals surface area contributed by atoms with Gasteiger partial charge in [0.15, 0.2) is 0 Å². The van der Waals surface area contributed by atoms with Gasteiger partial charge in [-0.3, -0.25) is 0 Å². The molecule has 1 unspecified atom stereocenters. The van der Waals surface area contributed by atoms with Gasteiger partial charge < -0.3 is 5.32 Å². The van der Waals surface area contributed by atoms with Gasteiger partial charge >= 0.3 is 0 Å². The largest absolute Gasteiger partial charge is 0.313 e. The molecule has 1 atom stereocenters. The van der Waals surface area contributed by atoms with Gasteiger partial charge in [-0.1, -0.05) is 6.92 Å². The molecule has 0 radical (unpaired) electrons. The lowest BCUT2D eigenvalue weighted by atomic mass is 10.3. The third kappa shape index (κ3) is 4.58. The Labute approximate surface area is 89.7 Å². The van der Waals surface area contributed by atoms with E-state index in [-0.39, 0.29) is 0 Å². The maximum atomic E-state index is 4.14. The second-order valence-electron chi connectivity index (χ2n) is 3.16. The normalized spacial score (nSPS) is 12.7. The van der Waals surface area contributed by atoms with E-state index < -0.39 is 0 Å². The molecule has 0 saturated heterocycles. The van der Waals surface area contributed by atoms with E-state index in [0.29, 0.717) is 6.04 Å². The van der Waals surface area contributed by atoms with Crippen molar-refractivity contribution in [1.29, 1.82) is 0 Å². The molecule has 0 bridgehead atoms. The molecule has 0 saturated carbocycles. The molecule has 1 aromatic rings. The van der Waals surface area contributed by atoms with E-state index in [1.807, 2.05) is 6.07 Å².